The molecule has 0 bridgehead atoms. The number of rotatable bonds is 6. The van der Waals surface area contributed by atoms with Gasteiger partial charge >= 0.3 is 0 Å². The molecule has 0 radical (unpaired) electrons. The Bertz CT molecular complexity index is 1110. The number of benzene rings is 2. The lowest BCUT2D eigenvalue weighted by Gasteiger charge is -2.39. The Labute approximate surface area is 201 Å². The predicted octanol–water partition coefficient (Wildman–Crippen LogP) is 5.14. The van der Waals surface area contributed by atoms with Crippen LogP contribution in [0.25, 0.3) is 5.69 Å². The topological polar surface area (TPSA) is 67.2 Å². The number of halogens is 2. The maximum Gasteiger partial charge on any atom is 0.246 e. The van der Waals surface area contributed by atoms with E-state index in [1.165, 1.54) is 23.1 Å². The highest BCUT2D eigenvalue weighted by molar-refractivity contribution is 5.63. The Kier molecular flexibility index (Phi) is 6.73. The number of ether oxygens (including phenoxy) is 1. The molecule has 2 N–H and O–H groups in total. The first kappa shape index (κ1) is 22.7. The maximum atomic E-state index is 13.5. The van der Waals surface area contributed by atoms with Crippen LogP contribution in [0.15, 0.2) is 42.7 Å². The fourth-order valence-electron chi connectivity index (χ4n) is 4.88. The molecule has 0 aliphatic carbocycles. The summed E-state index contributed by atoms with van der Waals surface area (Å²) in [6.45, 7) is 6.04. The first-order chi connectivity index (χ1) is 16.5. The molecule has 5 rings (SSSR count). The Morgan fingerprint density at radius 2 is 1.65 bits per heavy atom. The van der Waals surface area contributed by atoms with Crippen molar-refractivity contribution in [1.82, 2.24) is 19.7 Å². The summed E-state index contributed by atoms with van der Waals surface area (Å²) < 4.78 is 33.9. The van der Waals surface area contributed by atoms with Gasteiger partial charge in [-0.2, -0.15) is 4.98 Å². The van der Waals surface area contributed by atoms with E-state index in [1.54, 1.807) is 0 Å². The summed E-state index contributed by atoms with van der Waals surface area (Å²) in [6.07, 6.45) is 5.94. The van der Waals surface area contributed by atoms with E-state index in [9.17, 15) is 8.78 Å². The third kappa shape index (κ3) is 5.53. The monoisotopic (exact) mass is 472 g/mol. The van der Waals surface area contributed by atoms with Crippen molar-refractivity contribution >= 4 is 17.3 Å². The van der Waals surface area contributed by atoms with E-state index in [-0.39, 0.29) is 8.54 Å². The van der Waals surface area contributed by atoms with Gasteiger partial charge < -0.3 is 20.3 Å². The van der Waals surface area contributed by atoms with Gasteiger partial charge in [0.2, 0.25) is 5.95 Å². The zero-order valence-electron chi connectivity index (χ0n) is 19.3. The van der Waals surface area contributed by atoms with Crippen LogP contribution in [0, 0.1) is 18.6 Å². The Hall–Kier alpha value is -3.04. The highest BCUT2D eigenvalue weighted by Crippen LogP contribution is 2.25. The van der Waals surface area contributed by atoms with Gasteiger partial charge in [-0.15, -0.1) is 5.10 Å². The second kappa shape index (κ2) is 10.1. The molecule has 0 unspecified atom stereocenters. The number of aryl methyl sites for hydroxylation is 1. The number of nitrogens with zero attached hydrogens (tertiary/aromatic N) is 4. The van der Waals surface area contributed by atoms with Crippen LogP contribution in [0.1, 0.15) is 34.1 Å². The fraction of sp³-hybridized carbons (Fsp3) is 0.440. The van der Waals surface area contributed by atoms with Crippen molar-refractivity contribution < 1.29 is 16.4 Å². The minimum atomic E-state index is -0.659. The Morgan fingerprint density at radius 1 is 0.941 bits per heavy atom. The predicted molar refractivity (Wildman–Crippen MR) is 132 cm³/mol. The van der Waals surface area contributed by atoms with Crippen LogP contribution in [0.4, 0.5) is 26.1 Å². The normalized spacial score (nSPS) is 18.2. The van der Waals surface area contributed by atoms with Gasteiger partial charge in [0.1, 0.15) is 18.0 Å². The third-order valence-electron chi connectivity index (χ3n) is 6.54. The second-order valence-electron chi connectivity index (χ2n) is 9.15. The molecule has 7 nitrogen and oxygen atoms in total. The Balaban J connectivity index is 0.00000180. The number of likely N-dealkylation sites (tertiary alicyclic amines) is 1. The number of aromatic nitrogens is 3. The van der Waals surface area contributed by atoms with Crippen LogP contribution in [-0.4, -0.2) is 58.1 Å². The lowest BCUT2D eigenvalue weighted by Crippen LogP contribution is -2.46. The van der Waals surface area contributed by atoms with Crippen molar-refractivity contribution in [2.75, 3.05) is 36.9 Å². The van der Waals surface area contributed by atoms with E-state index in [0.29, 0.717) is 18.0 Å². The van der Waals surface area contributed by atoms with Crippen molar-refractivity contribution in [3.63, 3.8) is 0 Å². The molecule has 0 saturated carbocycles. The number of piperidine rings is 1. The molecule has 2 aromatic carbocycles. The molecule has 34 heavy (non-hydrogen) atoms. The summed E-state index contributed by atoms with van der Waals surface area (Å²) in [6, 6.07) is 10.6. The van der Waals surface area contributed by atoms with E-state index >= 15 is 0 Å². The summed E-state index contributed by atoms with van der Waals surface area (Å²) in [7, 11) is 0. The van der Waals surface area contributed by atoms with E-state index < -0.39 is 11.6 Å². The van der Waals surface area contributed by atoms with Crippen LogP contribution in [0.2, 0.25) is 0 Å². The first-order valence-corrected chi connectivity index (χ1v) is 11.9. The van der Waals surface area contributed by atoms with Crippen molar-refractivity contribution in [1.29, 1.82) is 0 Å². The molecular weight excluding hydrogens is 438 g/mol. The molecule has 2 saturated heterocycles. The minimum absolute atomic E-state index is 0. The highest BCUT2D eigenvalue weighted by Gasteiger charge is 2.26. The average molecular weight is 473 g/mol. The zero-order chi connectivity index (χ0) is 23.5. The quantitative estimate of drug-likeness (QED) is 0.518. The summed E-state index contributed by atoms with van der Waals surface area (Å²) in [5, 5.41) is 11.2. The van der Waals surface area contributed by atoms with Gasteiger partial charge in [-0.1, -0.05) is 0 Å². The summed E-state index contributed by atoms with van der Waals surface area (Å²) in [5.74, 6) is -0.966. The smallest absolute Gasteiger partial charge is 0.246 e. The van der Waals surface area contributed by atoms with Crippen LogP contribution >= 0.6 is 0 Å². The lowest BCUT2D eigenvalue weighted by atomic mass is 9.99. The van der Waals surface area contributed by atoms with E-state index in [1.807, 2.05) is 19.1 Å². The van der Waals surface area contributed by atoms with Crippen molar-refractivity contribution in [3.05, 3.63) is 59.9 Å². The molecule has 9 heteroatoms. The van der Waals surface area contributed by atoms with Gasteiger partial charge in [-0.05, 0) is 68.5 Å². The van der Waals surface area contributed by atoms with E-state index in [0.717, 1.165) is 75.0 Å². The Morgan fingerprint density at radius 3 is 2.38 bits per heavy atom. The molecule has 3 heterocycles. The van der Waals surface area contributed by atoms with Gasteiger partial charge in [0, 0.05) is 58.7 Å². The number of nitrogens with one attached hydrogen (secondary N) is 2. The molecule has 2 aliphatic heterocycles. The maximum absolute atomic E-state index is 13.5. The number of anilines is 3. The summed E-state index contributed by atoms with van der Waals surface area (Å²) in [4.78, 5) is 6.86. The molecule has 3 aromatic rings. The third-order valence-corrected chi connectivity index (χ3v) is 6.54. The molecule has 2 fully saturated rings. The highest BCUT2D eigenvalue weighted by atomic mass is 19.1. The fourth-order valence-corrected chi connectivity index (χ4v) is 4.88. The molecule has 0 amide bonds. The number of hydrogen-bond donors (Lipinski definition) is 2. The average Bonchev–Trinajstić information content (AvgIpc) is 3.28. The largest absolute Gasteiger partial charge is 0.382 e. The SMILES string of the molecule is Cc1cc(Nc2ncn(-c3cc(F)cc(F)c3)n2)cc(NC2CCN(C3CCOCC3)CC2)c1.[HH].[HH]. The lowest BCUT2D eigenvalue weighted by molar-refractivity contribution is 0.0262. The van der Waals surface area contributed by atoms with E-state index in [2.05, 4.69) is 31.7 Å². The van der Waals surface area contributed by atoms with Crippen molar-refractivity contribution in [3.8, 4) is 5.69 Å². The van der Waals surface area contributed by atoms with Crippen LogP contribution < -0.4 is 10.6 Å². The van der Waals surface area contributed by atoms with Crippen molar-refractivity contribution in [2.24, 2.45) is 0 Å². The van der Waals surface area contributed by atoms with Crippen molar-refractivity contribution in [2.45, 2.75) is 44.7 Å². The van der Waals surface area contributed by atoms with E-state index in [4.69, 9.17) is 4.74 Å². The van der Waals surface area contributed by atoms with Crippen LogP contribution in [0.3, 0.4) is 0 Å². The second-order valence-corrected chi connectivity index (χ2v) is 9.15. The summed E-state index contributed by atoms with van der Waals surface area (Å²) in [5.41, 5.74) is 3.29. The summed E-state index contributed by atoms with van der Waals surface area (Å²) >= 11 is 0. The molecule has 0 atom stereocenters. The molecular formula is C25H34F2N6O. The van der Waals surface area contributed by atoms with Gasteiger partial charge in [0.05, 0.1) is 5.69 Å². The van der Waals surface area contributed by atoms with Gasteiger partial charge in [-0.25, -0.2) is 13.5 Å². The molecule has 184 valence electrons. The van der Waals surface area contributed by atoms with Crippen LogP contribution in [0.5, 0.6) is 0 Å². The standard InChI is InChI=1S/C25H30F2N6O.2H2/c1-17-10-21(29-20-2-6-32(7-3-20)23-4-8-34-9-5-23)15-22(11-17)30-25-28-16-33(31-25)24-13-18(26)12-19(27)14-24;;/h10-16,20,23,29H,2-9H2,1H3,(H,30,31);2*1H. The zero-order valence-corrected chi connectivity index (χ0v) is 19.3. The van der Waals surface area contributed by atoms with Gasteiger partial charge in [0.15, 0.2) is 0 Å². The molecule has 2 aliphatic rings. The number of hydrogen-bond acceptors (Lipinski definition) is 6. The molecule has 1 aromatic heterocycles. The molecule has 0 spiro atoms. The minimum Gasteiger partial charge on any atom is -0.382 e. The first-order valence-electron chi connectivity index (χ1n) is 11.9. The van der Waals surface area contributed by atoms with Gasteiger partial charge in [0.25, 0.3) is 0 Å². The van der Waals surface area contributed by atoms with Gasteiger partial charge in [-0.3, -0.25) is 0 Å². The van der Waals surface area contributed by atoms with Crippen LogP contribution in [-0.2, 0) is 4.74 Å².